The Kier molecular flexibility index (Phi) is 3.37. The summed E-state index contributed by atoms with van der Waals surface area (Å²) in [6.45, 7) is 5.88. The van der Waals surface area contributed by atoms with Crippen LogP contribution in [-0.4, -0.2) is 33.1 Å². The summed E-state index contributed by atoms with van der Waals surface area (Å²) in [6, 6.07) is 10.0. The molecule has 118 valence electrons. The lowest BCUT2D eigenvalue weighted by Gasteiger charge is -2.16. The third kappa shape index (κ3) is 2.60. The molecule has 0 N–H and O–H groups in total. The minimum absolute atomic E-state index is 0.433. The van der Waals surface area contributed by atoms with Crippen molar-refractivity contribution in [3.8, 4) is 5.82 Å². The number of hydrogen-bond donors (Lipinski definition) is 0. The normalized spacial score (nSPS) is 17.8. The molecule has 4 rings (SSSR count). The van der Waals surface area contributed by atoms with Gasteiger partial charge in [0.2, 0.25) is 0 Å². The Bertz CT molecular complexity index is 791. The third-order valence-electron chi connectivity index (χ3n) is 4.32. The second-order valence-electron chi connectivity index (χ2n) is 6.04. The summed E-state index contributed by atoms with van der Waals surface area (Å²) in [5, 5.41) is 13.2. The highest BCUT2D eigenvalue weighted by atomic mass is 16.3. The van der Waals surface area contributed by atoms with Gasteiger partial charge in [-0.2, -0.15) is 5.10 Å². The van der Waals surface area contributed by atoms with Gasteiger partial charge in [0, 0.05) is 24.7 Å². The van der Waals surface area contributed by atoms with Crippen molar-refractivity contribution in [2.45, 2.75) is 26.2 Å². The standard InChI is InChI=1S/C17H19N5O/c1-12-10-13(2)22(20-12)17-6-5-16(18-19-17)21-8-7-14(11-21)15-4-3-9-23-15/h3-6,9-10,14H,7-8,11H2,1-2H3/t14-/m1/s1. The van der Waals surface area contributed by atoms with E-state index in [9.17, 15) is 0 Å². The van der Waals surface area contributed by atoms with Gasteiger partial charge in [-0.3, -0.25) is 0 Å². The Morgan fingerprint density at radius 1 is 1.13 bits per heavy atom. The van der Waals surface area contributed by atoms with Crippen LogP contribution >= 0.6 is 0 Å². The van der Waals surface area contributed by atoms with E-state index in [0.29, 0.717) is 5.92 Å². The van der Waals surface area contributed by atoms with E-state index < -0.39 is 0 Å². The summed E-state index contributed by atoms with van der Waals surface area (Å²) in [5.74, 6) is 3.15. The van der Waals surface area contributed by atoms with Crippen LogP contribution in [-0.2, 0) is 0 Å². The number of aryl methyl sites for hydroxylation is 2. The molecule has 0 spiro atoms. The van der Waals surface area contributed by atoms with Gasteiger partial charge in [0.05, 0.1) is 12.0 Å². The highest BCUT2D eigenvalue weighted by molar-refractivity contribution is 5.42. The van der Waals surface area contributed by atoms with Crippen LogP contribution in [0.25, 0.3) is 5.82 Å². The first-order valence-electron chi connectivity index (χ1n) is 7.86. The molecule has 23 heavy (non-hydrogen) atoms. The fourth-order valence-electron chi connectivity index (χ4n) is 3.18. The lowest BCUT2D eigenvalue weighted by molar-refractivity contribution is 0.475. The summed E-state index contributed by atoms with van der Waals surface area (Å²) >= 11 is 0. The summed E-state index contributed by atoms with van der Waals surface area (Å²) in [7, 11) is 0. The summed E-state index contributed by atoms with van der Waals surface area (Å²) in [6.07, 6.45) is 2.81. The first kappa shape index (κ1) is 14.0. The van der Waals surface area contributed by atoms with Crippen LogP contribution in [0.2, 0.25) is 0 Å². The molecule has 0 aliphatic carbocycles. The molecule has 0 aromatic carbocycles. The van der Waals surface area contributed by atoms with E-state index in [0.717, 1.165) is 48.3 Å². The van der Waals surface area contributed by atoms with Crippen molar-refractivity contribution in [3.05, 3.63) is 53.7 Å². The zero-order valence-corrected chi connectivity index (χ0v) is 13.3. The average molecular weight is 309 g/mol. The van der Waals surface area contributed by atoms with Crippen molar-refractivity contribution in [2.75, 3.05) is 18.0 Å². The Labute approximate surface area is 134 Å². The fraction of sp³-hybridized carbons (Fsp3) is 0.353. The molecule has 1 aliphatic heterocycles. The Balaban J connectivity index is 1.52. The van der Waals surface area contributed by atoms with E-state index in [1.54, 1.807) is 6.26 Å². The first-order valence-corrected chi connectivity index (χ1v) is 7.86. The number of furan rings is 1. The summed E-state index contributed by atoms with van der Waals surface area (Å²) in [5.41, 5.74) is 2.04. The van der Waals surface area contributed by atoms with E-state index in [1.807, 2.05) is 48.9 Å². The fourth-order valence-corrected chi connectivity index (χ4v) is 3.18. The average Bonchev–Trinajstić information content (AvgIpc) is 3.27. The van der Waals surface area contributed by atoms with E-state index >= 15 is 0 Å². The predicted octanol–water partition coefficient (Wildman–Crippen LogP) is 2.87. The molecular weight excluding hydrogens is 290 g/mol. The highest BCUT2D eigenvalue weighted by Crippen LogP contribution is 2.29. The molecule has 0 unspecified atom stereocenters. The molecule has 1 atom stereocenters. The van der Waals surface area contributed by atoms with Crippen molar-refractivity contribution in [1.82, 2.24) is 20.0 Å². The lowest BCUT2D eigenvalue weighted by atomic mass is 10.1. The van der Waals surface area contributed by atoms with Gasteiger partial charge in [0.25, 0.3) is 0 Å². The zero-order valence-electron chi connectivity index (χ0n) is 13.3. The molecule has 3 aromatic rings. The third-order valence-corrected chi connectivity index (χ3v) is 4.32. The van der Waals surface area contributed by atoms with Crippen LogP contribution in [0.5, 0.6) is 0 Å². The van der Waals surface area contributed by atoms with Gasteiger partial charge in [-0.25, -0.2) is 4.68 Å². The molecule has 1 fully saturated rings. The van der Waals surface area contributed by atoms with Crippen molar-refractivity contribution in [2.24, 2.45) is 0 Å². The molecule has 1 aliphatic rings. The van der Waals surface area contributed by atoms with E-state index in [-0.39, 0.29) is 0 Å². The van der Waals surface area contributed by atoms with Gasteiger partial charge in [-0.05, 0) is 50.6 Å². The topological polar surface area (TPSA) is 60.0 Å². The first-order chi connectivity index (χ1) is 11.2. The molecule has 0 saturated carbocycles. The minimum Gasteiger partial charge on any atom is -0.469 e. The highest BCUT2D eigenvalue weighted by Gasteiger charge is 2.26. The van der Waals surface area contributed by atoms with E-state index in [2.05, 4.69) is 20.2 Å². The minimum atomic E-state index is 0.433. The number of anilines is 1. The largest absolute Gasteiger partial charge is 0.469 e. The molecule has 3 aromatic heterocycles. The molecule has 0 bridgehead atoms. The molecule has 0 radical (unpaired) electrons. The Morgan fingerprint density at radius 3 is 2.61 bits per heavy atom. The van der Waals surface area contributed by atoms with Crippen LogP contribution in [0, 0.1) is 13.8 Å². The molecule has 4 heterocycles. The number of rotatable bonds is 3. The van der Waals surface area contributed by atoms with E-state index in [1.165, 1.54) is 0 Å². The zero-order chi connectivity index (χ0) is 15.8. The van der Waals surface area contributed by atoms with Gasteiger partial charge in [0.1, 0.15) is 5.76 Å². The quantitative estimate of drug-likeness (QED) is 0.744. The van der Waals surface area contributed by atoms with Crippen molar-refractivity contribution < 1.29 is 4.42 Å². The van der Waals surface area contributed by atoms with Gasteiger partial charge < -0.3 is 9.32 Å². The van der Waals surface area contributed by atoms with Gasteiger partial charge in [-0.1, -0.05) is 0 Å². The molecular formula is C17H19N5O. The second kappa shape index (κ2) is 5.53. The maximum atomic E-state index is 5.52. The smallest absolute Gasteiger partial charge is 0.176 e. The number of nitrogens with zero attached hydrogens (tertiary/aromatic N) is 5. The van der Waals surface area contributed by atoms with Crippen LogP contribution in [0.15, 0.2) is 41.0 Å². The molecule has 1 saturated heterocycles. The molecule has 6 nitrogen and oxygen atoms in total. The number of hydrogen-bond acceptors (Lipinski definition) is 5. The Hall–Kier alpha value is -2.63. The van der Waals surface area contributed by atoms with Gasteiger partial charge in [0.15, 0.2) is 11.6 Å². The maximum absolute atomic E-state index is 5.52. The predicted molar refractivity (Wildman–Crippen MR) is 86.9 cm³/mol. The summed E-state index contributed by atoms with van der Waals surface area (Å²) < 4.78 is 7.34. The van der Waals surface area contributed by atoms with Crippen LogP contribution in [0.3, 0.4) is 0 Å². The molecule has 6 heteroatoms. The lowest BCUT2D eigenvalue weighted by Crippen LogP contribution is -2.21. The van der Waals surface area contributed by atoms with Crippen molar-refractivity contribution in [3.63, 3.8) is 0 Å². The van der Waals surface area contributed by atoms with Crippen molar-refractivity contribution in [1.29, 1.82) is 0 Å². The second-order valence-corrected chi connectivity index (χ2v) is 6.04. The summed E-state index contributed by atoms with van der Waals surface area (Å²) in [4.78, 5) is 2.26. The monoisotopic (exact) mass is 309 g/mol. The Morgan fingerprint density at radius 2 is 1.96 bits per heavy atom. The molecule has 0 amide bonds. The number of aromatic nitrogens is 4. The maximum Gasteiger partial charge on any atom is 0.176 e. The van der Waals surface area contributed by atoms with Crippen LogP contribution in [0.1, 0.15) is 29.5 Å². The van der Waals surface area contributed by atoms with Gasteiger partial charge in [-0.15, -0.1) is 10.2 Å². The van der Waals surface area contributed by atoms with E-state index in [4.69, 9.17) is 4.42 Å². The SMILES string of the molecule is Cc1cc(C)n(-c2ccc(N3CC[C@@H](c4ccco4)C3)nn2)n1. The van der Waals surface area contributed by atoms with Gasteiger partial charge >= 0.3 is 0 Å². The van der Waals surface area contributed by atoms with Crippen LogP contribution < -0.4 is 4.90 Å². The van der Waals surface area contributed by atoms with Crippen LogP contribution in [0.4, 0.5) is 5.82 Å². The van der Waals surface area contributed by atoms with Crippen molar-refractivity contribution >= 4 is 5.82 Å².